The van der Waals surface area contributed by atoms with Crippen molar-refractivity contribution in [3.05, 3.63) is 41.4 Å². The van der Waals surface area contributed by atoms with E-state index in [1.807, 2.05) is 24.3 Å². The van der Waals surface area contributed by atoms with E-state index in [-0.39, 0.29) is 0 Å². The molecular weight excluding hydrogens is 222 g/mol. The molecule has 15 heavy (non-hydrogen) atoms. The van der Waals surface area contributed by atoms with Gasteiger partial charge in [-0.05, 0) is 12.1 Å². The van der Waals surface area contributed by atoms with Crippen molar-refractivity contribution in [2.24, 2.45) is 0 Å². The summed E-state index contributed by atoms with van der Waals surface area (Å²) in [5, 5.41) is 3.07. The molecule has 0 N–H and O–H groups in total. The van der Waals surface area contributed by atoms with E-state index in [0.29, 0.717) is 0 Å². The number of hydrogen-bond donors (Lipinski definition) is 0. The van der Waals surface area contributed by atoms with Gasteiger partial charge in [-0.2, -0.15) is 0 Å². The monoisotopic (exact) mass is 228 g/mol. The van der Waals surface area contributed by atoms with Gasteiger partial charge in [0.2, 0.25) is 0 Å². The van der Waals surface area contributed by atoms with Gasteiger partial charge >= 0.3 is 0 Å². The Hall–Kier alpha value is -0.985. The lowest BCUT2D eigenvalue weighted by atomic mass is 9.95. The fraction of sp³-hybridized carbons (Fsp3) is 0. The molecule has 70 valence electrons. The second kappa shape index (κ2) is 3.26. The number of fused-ring (bicyclic) bond motifs is 3. The molecule has 3 heteroatoms. The van der Waals surface area contributed by atoms with Crippen molar-refractivity contribution >= 4 is 56.4 Å². The van der Waals surface area contributed by atoms with Crippen LogP contribution >= 0.6 is 22.9 Å². The molecule has 0 bridgehead atoms. The van der Waals surface area contributed by atoms with Gasteiger partial charge in [0.1, 0.15) is 7.85 Å². The zero-order chi connectivity index (χ0) is 10.4. The molecule has 0 saturated heterocycles. The van der Waals surface area contributed by atoms with E-state index < -0.39 is 0 Å². The fourth-order valence-electron chi connectivity index (χ4n) is 1.82. The standard InChI is InChI=1S/C12H6BClS/c13-7-5-9(14)12-8-3-1-2-4-10(8)15-11(12)6-7/h1-6H. The molecule has 0 atom stereocenters. The van der Waals surface area contributed by atoms with Crippen molar-refractivity contribution in [1.82, 2.24) is 0 Å². The van der Waals surface area contributed by atoms with Gasteiger partial charge < -0.3 is 0 Å². The SMILES string of the molecule is [B]c1cc(Cl)c2c(c1)sc1ccccc12. The molecule has 0 saturated carbocycles. The molecule has 0 aliphatic rings. The highest BCUT2D eigenvalue weighted by atomic mass is 35.5. The highest BCUT2D eigenvalue weighted by molar-refractivity contribution is 7.26. The maximum Gasteiger partial charge on any atom is 0.113 e. The predicted molar refractivity (Wildman–Crippen MR) is 69.7 cm³/mol. The van der Waals surface area contributed by atoms with E-state index in [9.17, 15) is 0 Å². The van der Waals surface area contributed by atoms with Crippen LogP contribution < -0.4 is 5.46 Å². The summed E-state index contributed by atoms with van der Waals surface area (Å²) in [4.78, 5) is 0. The summed E-state index contributed by atoms with van der Waals surface area (Å²) in [7, 11) is 5.77. The van der Waals surface area contributed by atoms with E-state index >= 15 is 0 Å². The van der Waals surface area contributed by atoms with Gasteiger partial charge in [0.05, 0.1) is 0 Å². The van der Waals surface area contributed by atoms with Gasteiger partial charge in [-0.15, -0.1) is 11.3 Å². The van der Waals surface area contributed by atoms with Crippen molar-refractivity contribution in [3.8, 4) is 0 Å². The lowest BCUT2D eigenvalue weighted by Crippen LogP contribution is -1.99. The largest absolute Gasteiger partial charge is 0.135 e. The fourth-order valence-corrected chi connectivity index (χ4v) is 3.39. The van der Waals surface area contributed by atoms with Crippen LogP contribution in [0.25, 0.3) is 20.2 Å². The minimum Gasteiger partial charge on any atom is -0.135 e. The first-order valence-corrected chi connectivity index (χ1v) is 5.81. The summed E-state index contributed by atoms with van der Waals surface area (Å²) in [6, 6.07) is 12.0. The molecular formula is C12H6BClS. The highest BCUT2D eigenvalue weighted by Crippen LogP contribution is 2.36. The third-order valence-corrected chi connectivity index (χ3v) is 3.87. The summed E-state index contributed by atoms with van der Waals surface area (Å²) >= 11 is 7.93. The van der Waals surface area contributed by atoms with Crippen LogP contribution in [0.4, 0.5) is 0 Å². The Balaban J connectivity index is 2.61. The first-order chi connectivity index (χ1) is 7.25. The Morgan fingerprint density at radius 3 is 2.73 bits per heavy atom. The van der Waals surface area contributed by atoms with Crippen LogP contribution in [-0.4, -0.2) is 7.85 Å². The van der Waals surface area contributed by atoms with E-state index in [1.54, 1.807) is 11.3 Å². The topological polar surface area (TPSA) is 0 Å². The molecule has 0 unspecified atom stereocenters. The van der Waals surface area contributed by atoms with Gasteiger partial charge in [-0.1, -0.05) is 41.3 Å². The Morgan fingerprint density at radius 2 is 1.87 bits per heavy atom. The first kappa shape index (κ1) is 9.26. The molecule has 3 rings (SSSR count). The third kappa shape index (κ3) is 1.36. The molecule has 2 radical (unpaired) electrons. The van der Waals surface area contributed by atoms with Crippen molar-refractivity contribution in [3.63, 3.8) is 0 Å². The molecule has 0 spiro atoms. The normalized spacial score (nSPS) is 11.3. The maximum atomic E-state index is 6.21. The summed E-state index contributed by atoms with van der Waals surface area (Å²) < 4.78 is 2.40. The molecule has 2 aromatic carbocycles. The highest BCUT2D eigenvalue weighted by Gasteiger charge is 2.07. The van der Waals surface area contributed by atoms with Crippen LogP contribution in [-0.2, 0) is 0 Å². The summed E-state index contributed by atoms with van der Waals surface area (Å²) in [6.07, 6.45) is 0. The van der Waals surface area contributed by atoms with Crippen LogP contribution in [0.5, 0.6) is 0 Å². The van der Waals surface area contributed by atoms with E-state index in [0.717, 1.165) is 20.6 Å². The molecule has 1 aromatic heterocycles. The minimum atomic E-state index is 0.721. The van der Waals surface area contributed by atoms with Gasteiger partial charge in [0.15, 0.2) is 0 Å². The number of halogens is 1. The van der Waals surface area contributed by atoms with Gasteiger partial charge in [-0.3, -0.25) is 0 Å². The zero-order valence-corrected chi connectivity index (χ0v) is 9.40. The lowest BCUT2D eigenvalue weighted by molar-refractivity contribution is 1.86. The van der Waals surface area contributed by atoms with Crippen LogP contribution in [0, 0.1) is 0 Å². The number of benzene rings is 2. The predicted octanol–water partition coefficient (Wildman–Crippen LogP) is 3.50. The zero-order valence-electron chi connectivity index (χ0n) is 7.83. The van der Waals surface area contributed by atoms with Gasteiger partial charge in [0.25, 0.3) is 0 Å². The second-order valence-electron chi connectivity index (χ2n) is 3.47. The van der Waals surface area contributed by atoms with Crippen LogP contribution in [0.15, 0.2) is 36.4 Å². The molecule has 0 fully saturated rings. The minimum absolute atomic E-state index is 0.721. The summed E-state index contributed by atoms with van der Waals surface area (Å²) in [6.45, 7) is 0. The Kier molecular flexibility index (Phi) is 2.01. The summed E-state index contributed by atoms with van der Waals surface area (Å²) in [5.41, 5.74) is 0.721. The van der Waals surface area contributed by atoms with Crippen molar-refractivity contribution in [2.75, 3.05) is 0 Å². The molecule has 0 aliphatic carbocycles. The summed E-state index contributed by atoms with van der Waals surface area (Å²) in [5.74, 6) is 0. The van der Waals surface area contributed by atoms with Crippen molar-refractivity contribution in [1.29, 1.82) is 0 Å². The molecule has 0 amide bonds. The smallest absolute Gasteiger partial charge is 0.113 e. The van der Waals surface area contributed by atoms with Crippen LogP contribution in [0.3, 0.4) is 0 Å². The first-order valence-electron chi connectivity index (χ1n) is 4.62. The second-order valence-corrected chi connectivity index (χ2v) is 4.97. The molecule has 3 aromatic rings. The van der Waals surface area contributed by atoms with Crippen LogP contribution in [0.2, 0.25) is 5.02 Å². The average molecular weight is 229 g/mol. The van der Waals surface area contributed by atoms with E-state index in [2.05, 4.69) is 12.1 Å². The third-order valence-electron chi connectivity index (χ3n) is 2.45. The van der Waals surface area contributed by atoms with Gasteiger partial charge in [0, 0.05) is 25.2 Å². The van der Waals surface area contributed by atoms with E-state index in [4.69, 9.17) is 19.4 Å². The molecule has 0 aliphatic heterocycles. The van der Waals surface area contributed by atoms with Crippen LogP contribution in [0.1, 0.15) is 0 Å². The Bertz CT molecular complexity index is 657. The molecule has 0 nitrogen and oxygen atoms in total. The Labute approximate surface area is 97.9 Å². The van der Waals surface area contributed by atoms with Gasteiger partial charge in [-0.25, -0.2) is 0 Å². The Morgan fingerprint density at radius 1 is 1.07 bits per heavy atom. The quantitative estimate of drug-likeness (QED) is 0.517. The lowest BCUT2D eigenvalue weighted by Gasteiger charge is -1.97. The average Bonchev–Trinajstić information content (AvgIpc) is 2.54. The number of thiophene rings is 1. The molecule has 1 heterocycles. The van der Waals surface area contributed by atoms with E-state index in [1.165, 1.54) is 10.1 Å². The number of hydrogen-bond acceptors (Lipinski definition) is 1. The van der Waals surface area contributed by atoms with Crippen molar-refractivity contribution < 1.29 is 0 Å². The maximum absolute atomic E-state index is 6.21. The van der Waals surface area contributed by atoms with Crippen molar-refractivity contribution in [2.45, 2.75) is 0 Å². The number of rotatable bonds is 0.